The molecule has 0 saturated carbocycles. The summed E-state index contributed by atoms with van der Waals surface area (Å²) in [6.45, 7) is 0. The highest BCUT2D eigenvalue weighted by molar-refractivity contribution is 6.01. The summed E-state index contributed by atoms with van der Waals surface area (Å²) in [6, 6.07) is 10.3. The zero-order valence-corrected chi connectivity index (χ0v) is 9.49. The van der Waals surface area contributed by atoms with E-state index in [1.54, 1.807) is 24.3 Å². The predicted molar refractivity (Wildman–Crippen MR) is 65.2 cm³/mol. The zero-order valence-electron chi connectivity index (χ0n) is 9.49. The van der Waals surface area contributed by atoms with Gasteiger partial charge in [-0.15, -0.1) is 0 Å². The molecular weight excluding hydrogens is 236 g/mol. The quantitative estimate of drug-likeness (QED) is 0.669. The first-order valence-electron chi connectivity index (χ1n) is 5.40. The molecule has 0 fully saturated rings. The van der Waals surface area contributed by atoms with Crippen LogP contribution in [0, 0.1) is 11.6 Å². The highest BCUT2D eigenvalue weighted by Crippen LogP contribution is 2.17. The number of halogens is 2. The van der Waals surface area contributed by atoms with Crippen molar-refractivity contribution in [1.29, 1.82) is 0 Å². The van der Waals surface area contributed by atoms with Crippen LogP contribution in [0.2, 0.25) is 0 Å². The van der Waals surface area contributed by atoms with Crippen molar-refractivity contribution in [1.82, 2.24) is 0 Å². The van der Waals surface area contributed by atoms with E-state index in [1.165, 1.54) is 12.1 Å². The lowest BCUT2D eigenvalue weighted by Crippen LogP contribution is -2.08. The molecule has 2 N–H and O–H groups in total. The summed E-state index contributed by atoms with van der Waals surface area (Å²) in [6.07, 6.45) is -0.211. The van der Waals surface area contributed by atoms with Crippen LogP contribution in [-0.2, 0) is 6.42 Å². The molecule has 2 aromatic rings. The van der Waals surface area contributed by atoms with Gasteiger partial charge in [-0.1, -0.05) is 24.3 Å². The number of benzene rings is 2. The zero-order chi connectivity index (χ0) is 13.1. The van der Waals surface area contributed by atoms with Crippen molar-refractivity contribution in [2.24, 2.45) is 0 Å². The van der Waals surface area contributed by atoms with Crippen molar-refractivity contribution in [2.45, 2.75) is 6.42 Å². The maximum absolute atomic E-state index is 13.4. The molecule has 92 valence electrons. The largest absolute Gasteiger partial charge is 0.398 e. The smallest absolute Gasteiger partial charge is 0.169 e. The Morgan fingerprint density at radius 1 is 1.06 bits per heavy atom. The van der Waals surface area contributed by atoms with Crippen LogP contribution in [0.15, 0.2) is 42.5 Å². The van der Waals surface area contributed by atoms with Gasteiger partial charge < -0.3 is 5.73 Å². The number of carbonyl (C=O) groups excluding carboxylic acids is 1. The molecule has 0 aromatic heterocycles. The molecule has 0 bridgehead atoms. The highest BCUT2D eigenvalue weighted by atomic mass is 19.2. The molecule has 0 aliphatic carbocycles. The Balaban J connectivity index is 2.27. The standard InChI is InChI=1S/C14H11F2NO/c15-11-6-3-4-9(14(11)16)8-13(18)10-5-1-2-7-12(10)17/h1-7H,8,17H2. The van der Waals surface area contributed by atoms with Crippen LogP contribution in [0.4, 0.5) is 14.5 Å². The summed E-state index contributed by atoms with van der Waals surface area (Å²) < 4.78 is 26.4. The third-order valence-corrected chi connectivity index (χ3v) is 2.64. The van der Waals surface area contributed by atoms with Crippen LogP contribution < -0.4 is 5.73 Å². The molecule has 2 rings (SSSR count). The second-order valence-corrected chi connectivity index (χ2v) is 3.90. The molecule has 0 amide bonds. The Morgan fingerprint density at radius 3 is 2.50 bits per heavy atom. The maximum atomic E-state index is 13.4. The fourth-order valence-electron chi connectivity index (χ4n) is 1.70. The van der Waals surface area contributed by atoms with Crippen molar-refractivity contribution in [3.8, 4) is 0 Å². The number of Topliss-reactive ketones (excluding diaryl/α,β-unsaturated/α-hetero) is 1. The molecule has 0 heterocycles. The lowest BCUT2D eigenvalue weighted by Gasteiger charge is -2.05. The summed E-state index contributed by atoms with van der Waals surface area (Å²) in [7, 11) is 0. The number of carbonyl (C=O) groups is 1. The highest BCUT2D eigenvalue weighted by Gasteiger charge is 2.14. The van der Waals surface area contributed by atoms with Gasteiger partial charge in [-0.2, -0.15) is 0 Å². The van der Waals surface area contributed by atoms with Crippen LogP contribution >= 0.6 is 0 Å². The molecule has 0 radical (unpaired) electrons. The average Bonchev–Trinajstić information content (AvgIpc) is 2.35. The van der Waals surface area contributed by atoms with E-state index in [-0.39, 0.29) is 17.8 Å². The summed E-state index contributed by atoms with van der Waals surface area (Å²) >= 11 is 0. The second kappa shape index (κ2) is 4.96. The van der Waals surface area contributed by atoms with Crippen molar-refractivity contribution >= 4 is 11.5 Å². The fourth-order valence-corrected chi connectivity index (χ4v) is 1.70. The number of anilines is 1. The van der Waals surface area contributed by atoms with E-state index in [9.17, 15) is 13.6 Å². The van der Waals surface area contributed by atoms with Gasteiger partial charge in [0, 0.05) is 17.7 Å². The third kappa shape index (κ3) is 2.37. The molecule has 2 aromatic carbocycles. The fraction of sp³-hybridized carbons (Fsp3) is 0.0714. The van der Waals surface area contributed by atoms with Gasteiger partial charge >= 0.3 is 0 Å². The van der Waals surface area contributed by atoms with E-state index >= 15 is 0 Å². The van der Waals surface area contributed by atoms with Crippen molar-refractivity contribution in [3.63, 3.8) is 0 Å². The minimum Gasteiger partial charge on any atom is -0.398 e. The lowest BCUT2D eigenvalue weighted by atomic mass is 10.0. The predicted octanol–water partition coefficient (Wildman–Crippen LogP) is 2.97. The summed E-state index contributed by atoms with van der Waals surface area (Å²) in [5.74, 6) is -2.28. The number of hydrogen-bond donors (Lipinski definition) is 1. The summed E-state index contributed by atoms with van der Waals surface area (Å²) in [4.78, 5) is 11.9. The van der Waals surface area contributed by atoms with Gasteiger partial charge in [-0.05, 0) is 23.8 Å². The first-order valence-corrected chi connectivity index (χ1v) is 5.40. The maximum Gasteiger partial charge on any atom is 0.169 e. The van der Waals surface area contributed by atoms with E-state index < -0.39 is 11.6 Å². The lowest BCUT2D eigenvalue weighted by molar-refractivity contribution is 0.0992. The third-order valence-electron chi connectivity index (χ3n) is 2.64. The van der Waals surface area contributed by atoms with Gasteiger partial charge in [0.05, 0.1) is 0 Å². The van der Waals surface area contributed by atoms with Crippen LogP contribution in [0.1, 0.15) is 15.9 Å². The van der Waals surface area contributed by atoms with Crippen LogP contribution in [0.25, 0.3) is 0 Å². The normalized spacial score (nSPS) is 10.3. The van der Waals surface area contributed by atoms with E-state index in [1.807, 2.05) is 0 Å². The number of nitrogen functional groups attached to an aromatic ring is 1. The SMILES string of the molecule is Nc1ccccc1C(=O)Cc1cccc(F)c1F. The molecule has 18 heavy (non-hydrogen) atoms. The Hall–Kier alpha value is -2.23. The van der Waals surface area contributed by atoms with Crippen LogP contribution in [-0.4, -0.2) is 5.78 Å². The van der Waals surface area contributed by atoms with E-state index in [2.05, 4.69) is 0 Å². The molecule has 0 saturated heterocycles. The average molecular weight is 247 g/mol. The first-order chi connectivity index (χ1) is 8.59. The van der Waals surface area contributed by atoms with Crippen molar-refractivity contribution < 1.29 is 13.6 Å². The Bertz CT molecular complexity index is 596. The van der Waals surface area contributed by atoms with E-state index in [0.29, 0.717) is 11.3 Å². The molecule has 0 aliphatic rings. The van der Waals surface area contributed by atoms with Crippen molar-refractivity contribution in [3.05, 3.63) is 65.2 Å². The van der Waals surface area contributed by atoms with Gasteiger partial charge in [0.25, 0.3) is 0 Å². The molecule has 4 heteroatoms. The van der Waals surface area contributed by atoms with E-state index in [4.69, 9.17) is 5.73 Å². The number of para-hydroxylation sites is 1. The van der Waals surface area contributed by atoms with Gasteiger partial charge in [-0.25, -0.2) is 8.78 Å². The number of rotatable bonds is 3. The summed E-state index contributed by atoms with van der Waals surface area (Å²) in [5, 5.41) is 0. The van der Waals surface area contributed by atoms with Crippen LogP contribution in [0.3, 0.4) is 0 Å². The van der Waals surface area contributed by atoms with Gasteiger partial charge in [0.1, 0.15) is 0 Å². The topological polar surface area (TPSA) is 43.1 Å². The Kier molecular flexibility index (Phi) is 3.37. The van der Waals surface area contributed by atoms with Crippen LogP contribution in [0.5, 0.6) is 0 Å². The first kappa shape index (κ1) is 12.2. The second-order valence-electron chi connectivity index (χ2n) is 3.90. The Morgan fingerprint density at radius 2 is 1.78 bits per heavy atom. The molecular formula is C14H11F2NO. The van der Waals surface area contributed by atoms with Gasteiger partial charge in [-0.3, -0.25) is 4.79 Å². The number of ketones is 1. The minimum atomic E-state index is -0.986. The number of nitrogens with two attached hydrogens (primary N) is 1. The van der Waals surface area contributed by atoms with Crippen molar-refractivity contribution in [2.75, 3.05) is 5.73 Å². The number of hydrogen-bond acceptors (Lipinski definition) is 2. The molecule has 0 spiro atoms. The monoisotopic (exact) mass is 247 g/mol. The van der Waals surface area contributed by atoms with E-state index in [0.717, 1.165) is 6.07 Å². The molecule has 0 atom stereocenters. The molecule has 0 unspecified atom stereocenters. The molecule has 0 aliphatic heterocycles. The minimum absolute atomic E-state index is 0.0308. The Labute approximate surface area is 103 Å². The molecule has 2 nitrogen and oxygen atoms in total. The van der Waals surface area contributed by atoms with Gasteiger partial charge in [0.2, 0.25) is 0 Å². The van der Waals surface area contributed by atoms with Gasteiger partial charge in [0.15, 0.2) is 17.4 Å². The summed E-state index contributed by atoms with van der Waals surface area (Å²) in [5.41, 5.74) is 6.34.